The summed E-state index contributed by atoms with van der Waals surface area (Å²) < 4.78 is 121. The molecule has 0 bridgehead atoms. The number of piperidine rings is 1. The molecule has 0 amide bonds. The Morgan fingerprint density at radius 1 is 0.923 bits per heavy atom. The Morgan fingerprint density at radius 2 is 1.51 bits per heavy atom. The van der Waals surface area contributed by atoms with Gasteiger partial charge in [0.25, 0.3) is 0 Å². The van der Waals surface area contributed by atoms with Crippen molar-refractivity contribution in [1.29, 1.82) is 0 Å². The van der Waals surface area contributed by atoms with Gasteiger partial charge in [0, 0.05) is 19.0 Å². The van der Waals surface area contributed by atoms with Crippen molar-refractivity contribution in [3.8, 4) is 0 Å². The van der Waals surface area contributed by atoms with Crippen LogP contribution < -0.4 is 0 Å². The molecule has 0 aromatic heterocycles. The van der Waals surface area contributed by atoms with Gasteiger partial charge in [-0.3, -0.25) is 9.69 Å². The molecule has 1 saturated heterocycles. The fourth-order valence-corrected chi connectivity index (χ4v) is 5.29. The molecule has 1 unspecified atom stereocenters. The lowest BCUT2D eigenvalue weighted by molar-refractivity contribution is -0.142. The van der Waals surface area contributed by atoms with Crippen LogP contribution in [0.15, 0.2) is 42.5 Å². The highest BCUT2D eigenvalue weighted by Crippen LogP contribution is 2.43. The molecule has 1 fully saturated rings. The number of nitrogens with zero attached hydrogens (tertiary/aromatic N) is 1. The lowest BCUT2D eigenvalue weighted by atomic mass is 9.82. The lowest BCUT2D eigenvalue weighted by Crippen LogP contribution is -2.40. The van der Waals surface area contributed by atoms with E-state index in [4.69, 9.17) is 0 Å². The molecule has 39 heavy (non-hydrogen) atoms. The third-order valence-corrected chi connectivity index (χ3v) is 7.12. The predicted molar refractivity (Wildman–Crippen MR) is 125 cm³/mol. The van der Waals surface area contributed by atoms with Gasteiger partial charge in [-0.1, -0.05) is 25.5 Å². The molecule has 0 spiro atoms. The second kappa shape index (κ2) is 11.8. The summed E-state index contributed by atoms with van der Waals surface area (Å²) in [5.41, 5.74) is -3.32. The fraction of sp³-hybridized carbons (Fsp3) is 0.519. The van der Waals surface area contributed by atoms with Gasteiger partial charge in [-0.25, -0.2) is 0 Å². The number of likely N-dealkylation sites (tertiary alicyclic amines) is 1. The summed E-state index contributed by atoms with van der Waals surface area (Å²) in [5.74, 6) is -2.33. The van der Waals surface area contributed by atoms with Gasteiger partial charge < -0.3 is 5.11 Å². The monoisotopic (exact) mass is 569 g/mol. The van der Waals surface area contributed by atoms with Gasteiger partial charge in [0.1, 0.15) is 0 Å². The smallest absolute Gasteiger partial charge is 0.416 e. The molecule has 1 heterocycles. The van der Waals surface area contributed by atoms with E-state index in [0.717, 1.165) is 12.1 Å². The molecule has 0 aliphatic carbocycles. The minimum absolute atomic E-state index is 0.0797. The highest BCUT2D eigenvalue weighted by molar-refractivity contribution is 5.67. The first-order valence-electron chi connectivity index (χ1n) is 12.4. The van der Waals surface area contributed by atoms with Crippen molar-refractivity contribution < 1.29 is 49.4 Å². The van der Waals surface area contributed by atoms with Gasteiger partial charge in [0.05, 0.1) is 16.7 Å². The molecule has 3 rings (SSSR count). The summed E-state index contributed by atoms with van der Waals surface area (Å²) in [6, 6.07) is 5.02. The highest BCUT2D eigenvalue weighted by Gasteiger charge is 2.40. The third kappa shape index (κ3) is 7.89. The van der Waals surface area contributed by atoms with Crippen molar-refractivity contribution in [2.45, 2.75) is 69.5 Å². The number of carboxylic acids is 1. The molecule has 3 atom stereocenters. The van der Waals surface area contributed by atoms with Crippen molar-refractivity contribution in [1.82, 2.24) is 4.90 Å². The zero-order chi connectivity index (χ0) is 29.2. The first kappa shape index (κ1) is 30.8. The summed E-state index contributed by atoms with van der Waals surface area (Å²) in [6.07, 6.45) is -13.4. The zero-order valence-electron chi connectivity index (χ0n) is 20.9. The van der Waals surface area contributed by atoms with Crippen molar-refractivity contribution >= 4 is 5.97 Å². The third-order valence-electron chi connectivity index (χ3n) is 7.12. The van der Waals surface area contributed by atoms with Crippen LogP contribution in [0, 0.1) is 5.92 Å². The van der Waals surface area contributed by atoms with Crippen LogP contribution in [0.5, 0.6) is 0 Å². The number of hydrogen-bond donors (Lipinski definition) is 1. The predicted octanol–water partition coefficient (Wildman–Crippen LogP) is 8.55. The van der Waals surface area contributed by atoms with Gasteiger partial charge in [0.2, 0.25) is 0 Å². The fourth-order valence-electron chi connectivity index (χ4n) is 5.29. The molecule has 2 aromatic rings. The van der Waals surface area contributed by atoms with E-state index in [1.807, 2.05) is 0 Å². The van der Waals surface area contributed by atoms with Crippen LogP contribution in [-0.2, 0) is 23.3 Å². The van der Waals surface area contributed by atoms with E-state index in [1.54, 1.807) is 11.8 Å². The van der Waals surface area contributed by atoms with Crippen LogP contribution in [0.2, 0.25) is 0 Å². The number of carbonyl (C=O) groups is 1. The molecule has 0 saturated carbocycles. The van der Waals surface area contributed by atoms with E-state index < -0.39 is 58.7 Å². The average molecular weight is 570 g/mol. The van der Waals surface area contributed by atoms with E-state index in [2.05, 4.69) is 0 Å². The van der Waals surface area contributed by atoms with Crippen molar-refractivity contribution in [3.63, 3.8) is 0 Å². The SMILES string of the molecule is CCCC(CN1CC[C@H](CC(=O)O)C[C@@H]1c1ccc(C(F)(F)F)cc1)c1cc(C(F)(F)F)ccc1C(F)(F)F. The topological polar surface area (TPSA) is 40.5 Å². The minimum atomic E-state index is -4.90. The summed E-state index contributed by atoms with van der Waals surface area (Å²) in [5, 5.41) is 9.24. The quantitative estimate of drug-likeness (QED) is 0.324. The second-order valence-corrected chi connectivity index (χ2v) is 9.90. The molecule has 2 aromatic carbocycles. The maximum atomic E-state index is 13.9. The Hall–Kier alpha value is -2.76. The van der Waals surface area contributed by atoms with Gasteiger partial charge in [-0.05, 0) is 79.1 Å². The second-order valence-electron chi connectivity index (χ2n) is 9.90. The molecule has 3 nitrogen and oxygen atoms in total. The van der Waals surface area contributed by atoms with Crippen LogP contribution in [0.1, 0.15) is 78.8 Å². The van der Waals surface area contributed by atoms with Crippen LogP contribution in [-0.4, -0.2) is 29.1 Å². The van der Waals surface area contributed by atoms with Crippen LogP contribution in [0.3, 0.4) is 0 Å². The van der Waals surface area contributed by atoms with E-state index >= 15 is 0 Å². The van der Waals surface area contributed by atoms with Crippen molar-refractivity contribution in [2.75, 3.05) is 13.1 Å². The molecule has 1 aliphatic heterocycles. The first-order valence-corrected chi connectivity index (χ1v) is 12.4. The summed E-state index contributed by atoms with van der Waals surface area (Å²) >= 11 is 0. The summed E-state index contributed by atoms with van der Waals surface area (Å²) in [6.45, 7) is 1.84. The number of hydrogen-bond acceptors (Lipinski definition) is 2. The number of rotatable bonds is 8. The standard InChI is InChI=1S/C27H28F9NO2/c1-2-3-18(21-14-20(26(31,32)33)8-9-22(21)27(34,35)36)15-37-11-10-16(13-24(38)39)12-23(37)17-4-6-19(7-5-17)25(28,29)30/h4-9,14,16,18,23H,2-3,10-13,15H2,1H3,(H,38,39)/t16-,18?,23+/m0/s1. The molecule has 216 valence electrons. The minimum Gasteiger partial charge on any atom is -0.481 e. The Kier molecular flexibility index (Phi) is 9.29. The molecule has 0 radical (unpaired) electrons. The normalized spacial score (nSPS) is 20.2. The average Bonchev–Trinajstić information content (AvgIpc) is 2.82. The lowest BCUT2D eigenvalue weighted by Gasteiger charge is -2.41. The number of carboxylic acid groups (broad SMARTS) is 1. The largest absolute Gasteiger partial charge is 0.481 e. The Morgan fingerprint density at radius 3 is 2.03 bits per heavy atom. The van der Waals surface area contributed by atoms with E-state index in [-0.39, 0.29) is 38.3 Å². The zero-order valence-corrected chi connectivity index (χ0v) is 20.9. The Labute approximate surface area is 219 Å². The first-order chi connectivity index (χ1) is 18.0. The Bertz CT molecular complexity index is 1120. The van der Waals surface area contributed by atoms with E-state index in [0.29, 0.717) is 36.6 Å². The van der Waals surface area contributed by atoms with Gasteiger partial charge >= 0.3 is 24.5 Å². The van der Waals surface area contributed by atoms with Crippen LogP contribution >= 0.6 is 0 Å². The van der Waals surface area contributed by atoms with E-state index in [1.165, 1.54) is 12.1 Å². The number of alkyl halides is 9. The maximum Gasteiger partial charge on any atom is 0.416 e. The molecule has 1 N–H and O–H groups in total. The molecule has 1 aliphatic rings. The molecular formula is C27H28F9NO2. The number of halogens is 9. The van der Waals surface area contributed by atoms with Crippen LogP contribution in [0.4, 0.5) is 39.5 Å². The Balaban J connectivity index is 2.02. The molecule has 12 heteroatoms. The van der Waals surface area contributed by atoms with Gasteiger partial charge in [0.15, 0.2) is 0 Å². The number of aliphatic carboxylic acids is 1. The molecular weight excluding hydrogens is 541 g/mol. The van der Waals surface area contributed by atoms with Crippen molar-refractivity contribution in [2.24, 2.45) is 5.92 Å². The van der Waals surface area contributed by atoms with Crippen molar-refractivity contribution in [3.05, 3.63) is 70.3 Å². The van der Waals surface area contributed by atoms with E-state index in [9.17, 15) is 49.4 Å². The van der Waals surface area contributed by atoms with Gasteiger partial charge in [-0.15, -0.1) is 0 Å². The maximum absolute atomic E-state index is 13.9. The highest BCUT2D eigenvalue weighted by atomic mass is 19.4. The van der Waals surface area contributed by atoms with Crippen LogP contribution in [0.25, 0.3) is 0 Å². The number of benzene rings is 2. The summed E-state index contributed by atoms with van der Waals surface area (Å²) in [7, 11) is 0. The summed E-state index contributed by atoms with van der Waals surface area (Å²) in [4.78, 5) is 13.1. The van der Waals surface area contributed by atoms with Gasteiger partial charge in [-0.2, -0.15) is 39.5 Å².